The number of ketones is 1. The van der Waals surface area contributed by atoms with Gasteiger partial charge in [-0.1, -0.05) is 6.42 Å². The monoisotopic (exact) mass is 374 g/mol. The first kappa shape index (κ1) is 19.6. The van der Waals surface area contributed by atoms with E-state index in [1.54, 1.807) is 25.7 Å². The molecular weight excluding hydrogens is 344 g/mol. The van der Waals surface area contributed by atoms with Crippen LogP contribution in [0.2, 0.25) is 0 Å². The average Bonchev–Trinajstić information content (AvgIpc) is 3.34. The highest BCUT2D eigenvalue weighted by Gasteiger charge is 2.38. The van der Waals surface area contributed by atoms with Crippen molar-refractivity contribution in [3.8, 4) is 0 Å². The average molecular weight is 374 g/mol. The van der Waals surface area contributed by atoms with E-state index in [0.717, 1.165) is 32.1 Å². The van der Waals surface area contributed by atoms with Gasteiger partial charge in [0.1, 0.15) is 5.69 Å². The number of Topliss-reactive ketones (excluding diaryl/α,β-unsaturated/α-hetero) is 1. The number of aromatic amines is 1. The lowest BCUT2D eigenvalue weighted by Crippen LogP contribution is -2.48. The van der Waals surface area contributed by atoms with Crippen LogP contribution in [0.4, 0.5) is 0 Å². The summed E-state index contributed by atoms with van der Waals surface area (Å²) in [5, 5.41) is 0. The zero-order chi connectivity index (χ0) is 19.7. The van der Waals surface area contributed by atoms with E-state index in [4.69, 9.17) is 4.74 Å². The summed E-state index contributed by atoms with van der Waals surface area (Å²) in [6.45, 7) is 8.05. The first-order chi connectivity index (χ1) is 12.8. The van der Waals surface area contributed by atoms with Crippen LogP contribution >= 0.6 is 0 Å². The Bertz CT molecular complexity index is 744. The molecule has 0 saturated heterocycles. The predicted molar refractivity (Wildman–Crippen MR) is 102 cm³/mol. The maximum atomic E-state index is 13.3. The van der Waals surface area contributed by atoms with Crippen LogP contribution in [0.15, 0.2) is 0 Å². The first-order valence-electron chi connectivity index (χ1n) is 10.1. The van der Waals surface area contributed by atoms with E-state index in [0.29, 0.717) is 35.0 Å². The molecule has 1 unspecified atom stereocenters. The van der Waals surface area contributed by atoms with Gasteiger partial charge in [0.25, 0.3) is 0 Å². The molecule has 1 aromatic rings. The Hall–Kier alpha value is -2.11. The summed E-state index contributed by atoms with van der Waals surface area (Å²) in [5.74, 6) is 0.149. The van der Waals surface area contributed by atoms with Crippen LogP contribution in [0.1, 0.15) is 78.1 Å². The first-order valence-corrected chi connectivity index (χ1v) is 10.1. The Morgan fingerprint density at radius 3 is 2.37 bits per heavy atom. The number of hydrogen-bond donors (Lipinski definition) is 1. The van der Waals surface area contributed by atoms with Gasteiger partial charge in [-0.05, 0) is 64.9 Å². The van der Waals surface area contributed by atoms with Crippen molar-refractivity contribution >= 4 is 17.7 Å². The van der Waals surface area contributed by atoms with Crippen molar-refractivity contribution in [3.63, 3.8) is 0 Å². The highest BCUT2D eigenvalue weighted by Crippen LogP contribution is 2.34. The van der Waals surface area contributed by atoms with Gasteiger partial charge in [0, 0.05) is 23.7 Å². The van der Waals surface area contributed by atoms with Gasteiger partial charge >= 0.3 is 5.97 Å². The SMILES string of the molecule is CCOC(=O)c1[nH]c(C)c(C(=O)C(C)N(CC2CC2)C(=O)C2CCC2)c1C. The van der Waals surface area contributed by atoms with Crippen molar-refractivity contribution in [1.29, 1.82) is 0 Å². The van der Waals surface area contributed by atoms with Crippen LogP contribution in [0.5, 0.6) is 0 Å². The van der Waals surface area contributed by atoms with Gasteiger partial charge in [0.2, 0.25) is 5.91 Å². The fourth-order valence-electron chi connectivity index (χ4n) is 3.78. The molecule has 2 saturated carbocycles. The predicted octanol–water partition coefficient (Wildman–Crippen LogP) is 3.42. The van der Waals surface area contributed by atoms with Gasteiger partial charge in [-0.25, -0.2) is 4.79 Å². The Morgan fingerprint density at radius 2 is 1.85 bits per heavy atom. The van der Waals surface area contributed by atoms with Crippen molar-refractivity contribution in [2.24, 2.45) is 11.8 Å². The molecule has 0 radical (unpaired) electrons. The van der Waals surface area contributed by atoms with Crippen molar-refractivity contribution in [2.75, 3.05) is 13.2 Å². The molecule has 0 bridgehead atoms. The number of H-pyrrole nitrogens is 1. The van der Waals surface area contributed by atoms with Crippen LogP contribution in [0.3, 0.4) is 0 Å². The molecule has 2 aliphatic rings. The van der Waals surface area contributed by atoms with Gasteiger partial charge in [-0.3, -0.25) is 9.59 Å². The second kappa shape index (κ2) is 7.87. The van der Waals surface area contributed by atoms with E-state index in [9.17, 15) is 14.4 Å². The molecule has 1 N–H and O–H groups in total. The van der Waals surface area contributed by atoms with Gasteiger partial charge in [-0.2, -0.15) is 0 Å². The van der Waals surface area contributed by atoms with Crippen LogP contribution in [-0.2, 0) is 9.53 Å². The largest absolute Gasteiger partial charge is 0.461 e. The Kier molecular flexibility index (Phi) is 5.72. The van der Waals surface area contributed by atoms with E-state index >= 15 is 0 Å². The Labute approximate surface area is 160 Å². The number of ether oxygens (including phenoxy) is 1. The molecule has 1 amide bonds. The number of carbonyl (C=O) groups is 3. The molecule has 0 spiro atoms. The third kappa shape index (κ3) is 3.94. The number of aromatic nitrogens is 1. The van der Waals surface area contributed by atoms with E-state index in [2.05, 4.69) is 4.98 Å². The second-order valence-electron chi connectivity index (χ2n) is 7.95. The smallest absolute Gasteiger partial charge is 0.355 e. The third-order valence-electron chi connectivity index (χ3n) is 5.90. The van der Waals surface area contributed by atoms with Gasteiger partial charge < -0.3 is 14.6 Å². The molecule has 2 aliphatic carbocycles. The lowest BCUT2D eigenvalue weighted by molar-refractivity contribution is -0.139. The van der Waals surface area contributed by atoms with Crippen molar-refractivity contribution in [3.05, 3.63) is 22.5 Å². The summed E-state index contributed by atoms with van der Waals surface area (Å²) in [4.78, 5) is 43.1. The number of nitrogens with one attached hydrogen (secondary N) is 1. The number of nitrogens with zero attached hydrogens (tertiary/aromatic N) is 1. The summed E-state index contributed by atoms with van der Waals surface area (Å²) in [5.41, 5.74) is 2.08. The van der Waals surface area contributed by atoms with E-state index < -0.39 is 12.0 Å². The number of amides is 1. The maximum Gasteiger partial charge on any atom is 0.355 e. The number of carbonyl (C=O) groups excluding carboxylic acids is 3. The Balaban J connectivity index is 1.84. The van der Waals surface area contributed by atoms with Crippen molar-refractivity contribution in [2.45, 2.75) is 65.8 Å². The molecule has 0 aromatic carbocycles. The number of hydrogen-bond acceptors (Lipinski definition) is 4. The van der Waals surface area contributed by atoms with Crippen molar-refractivity contribution in [1.82, 2.24) is 9.88 Å². The third-order valence-corrected chi connectivity index (χ3v) is 5.90. The van der Waals surface area contributed by atoms with Crippen LogP contribution in [-0.4, -0.2) is 46.7 Å². The fraction of sp³-hybridized carbons (Fsp3) is 0.667. The Morgan fingerprint density at radius 1 is 1.19 bits per heavy atom. The minimum Gasteiger partial charge on any atom is -0.461 e. The zero-order valence-corrected chi connectivity index (χ0v) is 16.8. The zero-order valence-electron chi connectivity index (χ0n) is 16.8. The number of aryl methyl sites for hydroxylation is 1. The molecular formula is C21H30N2O4. The maximum absolute atomic E-state index is 13.3. The van der Waals surface area contributed by atoms with Crippen LogP contribution < -0.4 is 0 Å². The normalized spacial score (nSPS) is 17.9. The van der Waals surface area contributed by atoms with Crippen molar-refractivity contribution < 1.29 is 19.1 Å². The molecule has 2 fully saturated rings. The molecule has 1 heterocycles. The molecule has 1 aromatic heterocycles. The topological polar surface area (TPSA) is 79.5 Å². The standard InChI is InChI=1S/C21H30N2O4/c1-5-27-21(26)18-12(2)17(13(3)22-18)19(24)14(4)23(11-15-9-10-15)20(25)16-7-6-8-16/h14-16,22H,5-11H2,1-4H3. The molecule has 148 valence electrons. The summed E-state index contributed by atoms with van der Waals surface area (Å²) >= 11 is 0. The van der Waals surface area contributed by atoms with Crippen LogP contribution in [0.25, 0.3) is 0 Å². The number of rotatable bonds is 8. The molecule has 6 nitrogen and oxygen atoms in total. The summed E-state index contributed by atoms with van der Waals surface area (Å²) < 4.78 is 5.07. The molecule has 3 rings (SSSR count). The van der Waals surface area contributed by atoms with Gasteiger partial charge in [-0.15, -0.1) is 0 Å². The fourth-order valence-corrected chi connectivity index (χ4v) is 3.78. The summed E-state index contributed by atoms with van der Waals surface area (Å²) in [6, 6.07) is -0.526. The van der Waals surface area contributed by atoms with Crippen LogP contribution in [0, 0.1) is 25.7 Å². The highest BCUT2D eigenvalue weighted by molar-refractivity contribution is 6.06. The molecule has 1 atom stereocenters. The van der Waals surface area contributed by atoms with E-state index in [1.807, 2.05) is 6.92 Å². The highest BCUT2D eigenvalue weighted by atomic mass is 16.5. The minimum atomic E-state index is -0.526. The quantitative estimate of drug-likeness (QED) is 0.558. The summed E-state index contributed by atoms with van der Waals surface area (Å²) in [7, 11) is 0. The molecule has 6 heteroatoms. The lowest BCUT2D eigenvalue weighted by Gasteiger charge is -2.35. The molecule has 27 heavy (non-hydrogen) atoms. The summed E-state index contributed by atoms with van der Waals surface area (Å²) in [6.07, 6.45) is 5.20. The lowest BCUT2D eigenvalue weighted by atomic mass is 9.83. The van der Waals surface area contributed by atoms with E-state index in [1.165, 1.54) is 0 Å². The van der Waals surface area contributed by atoms with Gasteiger partial charge in [0.05, 0.1) is 12.6 Å². The number of esters is 1. The molecule has 0 aliphatic heterocycles. The minimum absolute atomic E-state index is 0.0718. The van der Waals surface area contributed by atoms with Gasteiger partial charge in [0.15, 0.2) is 5.78 Å². The van der Waals surface area contributed by atoms with E-state index in [-0.39, 0.29) is 24.2 Å². The second-order valence-corrected chi connectivity index (χ2v) is 7.95.